The molecular formula is C25H20N2O2S. The summed E-state index contributed by atoms with van der Waals surface area (Å²) in [6, 6.07) is 28.5. The Labute approximate surface area is 179 Å². The van der Waals surface area contributed by atoms with E-state index in [9.17, 15) is 9.59 Å². The number of ketones is 1. The molecule has 1 amide bonds. The van der Waals surface area contributed by atoms with Crippen LogP contribution in [0.5, 0.6) is 0 Å². The second kappa shape index (κ2) is 8.93. The molecule has 4 nitrogen and oxygen atoms in total. The minimum absolute atomic E-state index is 0.0413. The van der Waals surface area contributed by atoms with Crippen molar-refractivity contribution in [2.45, 2.75) is 17.2 Å². The highest BCUT2D eigenvalue weighted by Gasteiger charge is 2.23. The lowest BCUT2D eigenvalue weighted by Gasteiger charge is -2.17. The zero-order valence-corrected chi connectivity index (χ0v) is 17.2. The summed E-state index contributed by atoms with van der Waals surface area (Å²) in [5.74, 6) is -0.206. The highest BCUT2D eigenvalue weighted by atomic mass is 32.2. The van der Waals surface area contributed by atoms with Gasteiger partial charge in [-0.3, -0.25) is 9.59 Å². The Morgan fingerprint density at radius 1 is 0.867 bits per heavy atom. The Hall–Kier alpha value is -3.44. The van der Waals surface area contributed by atoms with E-state index in [0.29, 0.717) is 11.3 Å². The van der Waals surface area contributed by atoms with E-state index in [1.165, 1.54) is 18.7 Å². The summed E-state index contributed by atoms with van der Waals surface area (Å²) in [5, 5.41) is 4.30. The van der Waals surface area contributed by atoms with E-state index in [1.807, 2.05) is 66.7 Å². The Morgan fingerprint density at radius 3 is 2.43 bits per heavy atom. The summed E-state index contributed by atoms with van der Waals surface area (Å²) in [7, 11) is 0. The average Bonchev–Trinajstić information content (AvgIpc) is 2.78. The van der Waals surface area contributed by atoms with Gasteiger partial charge in [-0.1, -0.05) is 78.5 Å². The van der Waals surface area contributed by atoms with E-state index in [2.05, 4.69) is 5.32 Å². The van der Waals surface area contributed by atoms with Crippen LogP contribution in [0.2, 0.25) is 0 Å². The van der Waals surface area contributed by atoms with Gasteiger partial charge in [-0.15, -0.1) is 0 Å². The Balaban J connectivity index is 1.63. The van der Waals surface area contributed by atoms with Crippen molar-refractivity contribution in [2.75, 3.05) is 5.32 Å². The lowest BCUT2D eigenvalue weighted by Crippen LogP contribution is -2.19. The summed E-state index contributed by atoms with van der Waals surface area (Å²) < 4.78 is 0. The normalized spacial score (nSPS) is 11.8. The van der Waals surface area contributed by atoms with E-state index < -0.39 is 5.25 Å². The highest BCUT2D eigenvalue weighted by Crippen LogP contribution is 2.36. The van der Waals surface area contributed by atoms with E-state index in [4.69, 9.17) is 4.98 Å². The molecule has 148 valence electrons. The molecule has 3 aromatic carbocycles. The van der Waals surface area contributed by atoms with Gasteiger partial charge in [-0.05, 0) is 36.8 Å². The Bertz CT molecular complexity index is 1210. The number of nitrogens with one attached hydrogen (secondary N) is 1. The van der Waals surface area contributed by atoms with Crippen molar-refractivity contribution in [1.29, 1.82) is 0 Å². The number of aromatic nitrogens is 1. The second-order valence-electron chi connectivity index (χ2n) is 6.88. The van der Waals surface area contributed by atoms with Gasteiger partial charge in [0.25, 0.3) is 0 Å². The van der Waals surface area contributed by atoms with Crippen molar-refractivity contribution < 1.29 is 9.59 Å². The number of hydrogen-bond acceptors (Lipinski definition) is 4. The third-order valence-corrected chi connectivity index (χ3v) is 5.88. The Morgan fingerprint density at radius 2 is 1.63 bits per heavy atom. The van der Waals surface area contributed by atoms with Crippen molar-refractivity contribution in [3.05, 3.63) is 102 Å². The van der Waals surface area contributed by atoms with Crippen LogP contribution in [0.3, 0.4) is 0 Å². The summed E-state index contributed by atoms with van der Waals surface area (Å²) in [5.41, 5.74) is 2.94. The predicted octanol–water partition coefficient (Wildman–Crippen LogP) is 5.91. The molecule has 0 saturated carbocycles. The molecular weight excluding hydrogens is 392 g/mol. The number of para-hydroxylation sites is 1. The van der Waals surface area contributed by atoms with Crippen LogP contribution in [0.4, 0.5) is 5.69 Å². The zero-order valence-electron chi connectivity index (χ0n) is 16.4. The molecule has 0 fully saturated rings. The minimum Gasteiger partial charge on any atom is -0.325 e. The molecule has 1 N–H and O–H groups in total. The van der Waals surface area contributed by atoms with Gasteiger partial charge in [0.15, 0.2) is 5.78 Å². The van der Waals surface area contributed by atoms with Crippen molar-refractivity contribution in [1.82, 2.24) is 4.98 Å². The van der Waals surface area contributed by atoms with Gasteiger partial charge in [0.2, 0.25) is 5.91 Å². The number of carbonyl (C=O) groups excluding carboxylic acids is 2. The summed E-state index contributed by atoms with van der Waals surface area (Å²) in [4.78, 5) is 29.6. The van der Waals surface area contributed by atoms with E-state index in [-0.39, 0.29) is 11.7 Å². The van der Waals surface area contributed by atoms with Crippen LogP contribution < -0.4 is 5.32 Å². The molecule has 4 rings (SSSR count). The smallest absolute Gasteiger partial charge is 0.242 e. The number of amides is 1. The van der Waals surface area contributed by atoms with Crippen molar-refractivity contribution in [3.63, 3.8) is 0 Å². The first-order chi connectivity index (χ1) is 14.6. The zero-order chi connectivity index (χ0) is 20.9. The standard InChI is InChI=1S/C25H20N2O2S/c1-17(28)20-11-7-12-21(16-20)26-25(29)24(19-9-3-2-4-10-19)30-23-15-14-18-8-5-6-13-22(18)27-23/h2-16,24H,1H3,(H,26,29)/t24-/m0/s1. The van der Waals surface area contributed by atoms with Gasteiger partial charge >= 0.3 is 0 Å². The van der Waals surface area contributed by atoms with E-state index in [0.717, 1.165) is 21.5 Å². The SMILES string of the molecule is CC(=O)c1cccc(NC(=O)[C@@H](Sc2ccc3ccccc3n2)c2ccccc2)c1. The first-order valence-corrected chi connectivity index (χ1v) is 10.5. The lowest BCUT2D eigenvalue weighted by atomic mass is 10.1. The molecule has 4 aromatic rings. The quantitative estimate of drug-likeness (QED) is 0.316. The first-order valence-electron chi connectivity index (χ1n) is 9.59. The number of anilines is 1. The van der Waals surface area contributed by atoms with E-state index >= 15 is 0 Å². The van der Waals surface area contributed by atoms with Crippen LogP contribution in [0.25, 0.3) is 10.9 Å². The predicted molar refractivity (Wildman–Crippen MR) is 122 cm³/mol. The topological polar surface area (TPSA) is 59.1 Å². The molecule has 0 spiro atoms. The van der Waals surface area contributed by atoms with Crippen LogP contribution in [0, 0.1) is 0 Å². The lowest BCUT2D eigenvalue weighted by molar-refractivity contribution is -0.115. The van der Waals surface area contributed by atoms with Crippen molar-refractivity contribution in [3.8, 4) is 0 Å². The number of carbonyl (C=O) groups is 2. The molecule has 30 heavy (non-hydrogen) atoms. The summed E-state index contributed by atoms with van der Waals surface area (Å²) >= 11 is 1.40. The molecule has 0 aliphatic rings. The fourth-order valence-electron chi connectivity index (χ4n) is 3.16. The molecule has 1 atom stereocenters. The first kappa shape index (κ1) is 19.9. The minimum atomic E-state index is -0.485. The largest absolute Gasteiger partial charge is 0.325 e. The number of nitrogens with zero attached hydrogens (tertiary/aromatic N) is 1. The molecule has 0 saturated heterocycles. The summed E-state index contributed by atoms with van der Waals surface area (Å²) in [6.07, 6.45) is 0. The summed E-state index contributed by atoms with van der Waals surface area (Å²) in [6.45, 7) is 1.51. The molecule has 1 heterocycles. The van der Waals surface area contributed by atoms with Crippen LogP contribution in [-0.4, -0.2) is 16.7 Å². The maximum Gasteiger partial charge on any atom is 0.242 e. The van der Waals surface area contributed by atoms with Gasteiger partial charge in [-0.2, -0.15) is 0 Å². The highest BCUT2D eigenvalue weighted by molar-refractivity contribution is 8.00. The molecule has 5 heteroatoms. The van der Waals surface area contributed by atoms with Gasteiger partial charge in [0.1, 0.15) is 5.25 Å². The van der Waals surface area contributed by atoms with Crippen LogP contribution in [0.1, 0.15) is 28.1 Å². The maximum atomic E-state index is 13.2. The number of Topliss-reactive ketones (excluding diaryl/α,β-unsaturated/α-hetero) is 1. The molecule has 0 unspecified atom stereocenters. The molecule has 0 aliphatic carbocycles. The van der Waals surface area contributed by atoms with Gasteiger partial charge in [0, 0.05) is 16.6 Å². The number of pyridine rings is 1. The molecule has 1 aromatic heterocycles. The number of thioether (sulfide) groups is 1. The van der Waals surface area contributed by atoms with Gasteiger partial charge in [-0.25, -0.2) is 4.98 Å². The van der Waals surface area contributed by atoms with Gasteiger partial charge in [0.05, 0.1) is 10.5 Å². The number of hydrogen-bond donors (Lipinski definition) is 1. The molecule has 0 bridgehead atoms. The second-order valence-corrected chi connectivity index (χ2v) is 8.00. The Kier molecular flexibility index (Phi) is 5.91. The van der Waals surface area contributed by atoms with E-state index in [1.54, 1.807) is 24.3 Å². The van der Waals surface area contributed by atoms with Gasteiger partial charge < -0.3 is 5.32 Å². The maximum absolute atomic E-state index is 13.2. The fraction of sp³-hybridized carbons (Fsp3) is 0.0800. The van der Waals surface area contributed by atoms with Crippen LogP contribution in [-0.2, 0) is 4.79 Å². The third-order valence-electron chi connectivity index (χ3n) is 4.69. The number of fused-ring (bicyclic) bond motifs is 1. The average molecular weight is 413 g/mol. The van der Waals surface area contributed by atoms with Crippen LogP contribution in [0.15, 0.2) is 96.0 Å². The van der Waals surface area contributed by atoms with Crippen LogP contribution >= 0.6 is 11.8 Å². The molecule has 0 radical (unpaired) electrons. The molecule has 0 aliphatic heterocycles. The number of rotatable bonds is 6. The fourth-order valence-corrected chi connectivity index (χ4v) is 4.16. The number of benzene rings is 3. The monoisotopic (exact) mass is 412 g/mol. The van der Waals surface area contributed by atoms with Crippen molar-refractivity contribution >= 4 is 40.0 Å². The third kappa shape index (κ3) is 4.58. The van der Waals surface area contributed by atoms with Crippen molar-refractivity contribution in [2.24, 2.45) is 0 Å².